The average Bonchev–Trinajstić information content (AvgIpc) is 2.61. The third-order valence-corrected chi connectivity index (χ3v) is 4.76. The lowest BCUT2D eigenvalue weighted by Crippen LogP contribution is -2.28. The van der Waals surface area contributed by atoms with Crippen LogP contribution in [-0.2, 0) is 10.0 Å². The molecular formula is C12H15NO2S. The van der Waals surface area contributed by atoms with Crippen molar-refractivity contribution < 1.29 is 8.42 Å². The van der Waals surface area contributed by atoms with E-state index in [2.05, 4.69) is 6.58 Å². The van der Waals surface area contributed by atoms with Gasteiger partial charge in [-0.15, -0.1) is 0 Å². The zero-order valence-corrected chi connectivity index (χ0v) is 10.1. The first-order valence-corrected chi connectivity index (χ1v) is 6.68. The Morgan fingerprint density at radius 2 is 1.94 bits per heavy atom. The minimum Gasteiger partial charge on any atom is -0.207 e. The van der Waals surface area contributed by atoms with Crippen LogP contribution < -0.4 is 0 Å². The summed E-state index contributed by atoms with van der Waals surface area (Å²) in [4.78, 5) is 0.358. The monoisotopic (exact) mass is 237 g/mol. The highest BCUT2D eigenvalue weighted by atomic mass is 32.2. The molecule has 1 heterocycles. The maximum Gasteiger partial charge on any atom is 0.243 e. The van der Waals surface area contributed by atoms with E-state index in [1.807, 2.05) is 13.0 Å². The predicted molar refractivity (Wildman–Crippen MR) is 63.5 cm³/mol. The molecule has 4 heteroatoms. The number of sulfonamides is 1. The highest BCUT2D eigenvalue weighted by Crippen LogP contribution is 2.26. The normalized spacial score (nSPS) is 22.6. The molecule has 1 aromatic carbocycles. The van der Waals surface area contributed by atoms with Gasteiger partial charge in [0.2, 0.25) is 10.0 Å². The van der Waals surface area contributed by atoms with E-state index in [-0.39, 0.29) is 5.92 Å². The smallest absolute Gasteiger partial charge is 0.207 e. The van der Waals surface area contributed by atoms with Gasteiger partial charge in [-0.1, -0.05) is 37.3 Å². The van der Waals surface area contributed by atoms with E-state index in [4.69, 9.17) is 0 Å². The van der Waals surface area contributed by atoms with Crippen molar-refractivity contribution in [1.82, 2.24) is 4.31 Å². The SMILES string of the molecule is C=C1CN(S(=O)(=O)c2ccccc2)C[C@@H]1C. The lowest BCUT2D eigenvalue weighted by Gasteiger charge is -2.15. The van der Waals surface area contributed by atoms with Crippen molar-refractivity contribution in [1.29, 1.82) is 0 Å². The Bertz CT molecular complexity index is 493. The van der Waals surface area contributed by atoms with E-state index in [1.165, 1.54) is 4.31 Å². The Kier molecular flexibility index (Phi) is 2.86. The van der Waals surface area contributed by atoms with Crippen LogP contribution in [0.15, 0.2) is 47.4 Å². The van der Waals surface area contributed by atoms with Crippen LogP contribution >= 0.6 is 0 Å². The number of nitrogens with zero attached hydrogens (tertiary/aromatic N) is 1. The quantitative estimate of drug-likeness (QED) is 0.737. The zero-order valence-electron chi connectivity index (χ0n) is 9.26. The first-order chi connectivity index (χ1) is 7.51. The Labute approximate surface area is 96.4 Å². The number of hydrogen-bond donors (Lipinski definition) is 0. The molecule has 0 aromatic heterocycles. The third kappa shape index (κ3) is 1.90. The Morgan fingerprint density at radius 3 is 2.44 bits per heavy atom. The Morgan fingerprint density at radius 1 is 1.31 bits per heavy atom. The number of benzene rings is 1. The molecule has 86 valence electrons. The van der Waals surface area contributed by atoms with Crippen molar-refractivity contribution in [3.05, 3.63) is 42.5 Å². The van der Waals surface area contributed by atoms with Gasteiger partial charge in [0.15, 0.2) is 0 Å². The van der Waals surface area contributed by atoms with Gasteiger partial charge in [-0.2, -0.15) is 4.31 Å². The Hall–Kier alpha value is -1.13. The summed E-state index contributed by atoms with van der Waals surface area (Å²) in [5.41, 5.74) is 0.986. The third-order valence-electron chi connectivity index (χ3n) is 2.93. The van der Waals surface area contributed by atoms with Gasteiger partial charge in [-0.3, -0.25) is 0 Å². The summed E-state index contributed by atoms with van der Waals surface area (Å²) < 4.78 is 25.9. The van der Waals surface area contributed by atoms with Crippen LogP contribution in [0.4, 0.5) is 0 Å². The molecule has 0 saturated carbocycles. The zero-order chi connectivity index (χ0) is 11.8. The summed E-state index contributed by atoms with van der Waals surface area (Å²) in [5, 5.41) is 0. The minimum atomic E-state index is -3.33. The standard InChI is InChI=1S/C12H15NO2S/c1-10-8-13(9-11(10)2)16(14,15)12-6-4-3-5-7-12/h3-7,11H,1,8-9H2,2H3/t11-/m0/s1. The van der Waals surface area contributed by atoms with Crippen molar-refractivity contribution in [3.63, 3.8) is 0 Å². The van der Waals surface area contributed by atoms with Crippen molar-refractivity contribution in [2.24, 2.45) is 5.92 Å². The van der Waals surface area contributed by atoms with E-state index in [0.29, 0.717) is 18.0 Å². The summed E-state index contributed by atoms with van der Waals surface area (Å²) in [5.74, 6) is 0.249. The molecule has 0 spiro atoms. The second kappa shape index (κ2) is 4.03. The fourth-order valence-electron chi connectivity index (χ4n) is 1.81. The van der Waals surface area contributed by atoms with Crippen LogP contribution in [0.25, 0.3) is 0 Å². The van der Waals surface area contributed by atoms with Gasteiger partial charge in [0.25, 0.3) is 0 Å². The van der Waals surface area contributed by atoms with Crippen LogP contribution in [0.3, 0.4) is 0 Å². The topological polar surface area (TPSA) is 37.4 Å². The average molecular weight is 237 g/mol. The van der Waals surface area contributed by atoms with Crippen LogP contribution in [0, 0.1) is 5.92 Å². The molecule has 1 aliphatic rings. The fraction of sp³-hybridized carbons (Fsp3) is 0.333. The van der Waals surface area contributed by atoms with Crippen LogP contribution in [0.2, 0.25) is 0 Å². The molecule has 1 atom stereocenters. The van der Waals surface area contributed by atoms with Crippen LogP contribution in [-0.4, -0.2) is 25.8 Å². The van der Waals surface area contributed by atoms with Gasteiger partial charge in [-0.25, -0.2) is 8.42 Å². The van der Waals surface area contributed by atoms with Crippen LogP contribution in [0.1, 0.15) is 6.92 Å². The number of rotatable bonds is 2. The van der Waals surface area contributed by atoms with Gasteiger partial charge in [0, 0.05) is 13.1 Å². The molecule has 1 saturated heterocycles. The maximum absolute atomic E-state index is 12.2. The molecule has 0 radical (unpaired) electrons. The molecule has 1 aliphatic heterocycles. The summed E-state index contributed by atoms with van der Waals surface area (Å²) in [6.45, 7) is 6.87. The molecule has 0 N–H and O–H groups in total. The largest absolute Gasteiger partial charge is 0.243 e. The second-order valence-corrected chi connectivity index (χ2v) is 6.11. The van der Waals surface area contributed by atoms with E-state index in [0.717, 1.165) is 5.57 Å². The van der Waals surface area contributed by atoms with Crippen molar-refractivity contribution >= 4 is 10.0 Å². The molecule has 0 aliphatic carbocycles. The molecule has 0 bridgehead atoms. The fourth-order valence-corrected chi connectivity index (χ4v) is 3.36. The van der Waals surface area contributed by atoms with Gasteiger partial charge >= 0.3 is 0 Å². The van der Waals surface area contributed by atoms with Gasteiger partial charge in [0.05, 0.1) is 4.90 Å². The van der Waals surface area contributed by atoms with Gasteiger partial charge < -0.3 is 0 Å². The highest BCUT2D eigenvalue weighted by Gasteiger charge is 2.32. The Balaban J connectivity index is 2.32. The molecule has 3 nitrogen and oxygen atoms in total. The summed E-state index contributed by atoms with van der Waals surface area (Å²) in [7, 11) is -3.33. The summed E-state index contributed by atoms with van der Waals surface area (Å²) >= 11 is 0. The highest BCUT2D eigenvalue weighted by molar-refractivity contribution is 7.89. The molecular weight excluding hydrogens is 222 g/mol. The first kappa shape index (κ1) is 11.4. The maximum atomic E-state index is 12.2. The molecule has 0 unspecified atom stereocenters. The molecule has 2 rings (SSSR count). The number of hydrogen-bond acceptors (Lipinski definition) is 2. The second-order valence-electron chi connectivity index (χ2n) is 4.17. The molecule has 1 fully saturated rings. The van der Waals surface area contributed by atoms with Gasteiger partial charge in [-0.05, 0) is 18.1 Å². The summed E-state index contributed by atoms with van der Waals surface area (Å²) in [6.07, 6.45) is 0. The lowest BCUT2D eigenvalue weighted by molar-refractivity contribution is 0.464. The van der Waals surface area contributed by atoms with Crippen molar-refractivity contribution in [2.45, 2.75) is 11.8 Å². The van der Waals surface area contributed by atoms with Crippen LogP contribution in [0.5, 0.6) is 0 Å². The van der Waals surface area contributed by atoms with Crippen molar-refractivity contribution in [3.8, 4) is 0 Å². The lowest BCUT2D eigenvalue weighted by atomic mass is 10.1. The molecule has 1 aromatic rings. The van der Waals surface area contributed by atoms with Gasteiger partial charge in [0.1, 0.15) is 0 Å². The van der Waals surface area contributed by atoms with E-state index in [9.17, 15) is 8.42 Å². The summed E-state index contributed by atoms with van der Waals surface area (Å²) in [6, 6.07) is 8.54. The van der Waals surface area contributed by atoms with E-state index < -0.39 is 10.0 Å². The predicted octanol–water partition coefficient (Wildman–Crippen LogP) is 1.88. The van der Waals surface area contributed by atoms with E-state index >= 15 is 0 Å². The molecule has 0 amide bonds. The first-order valence-electron chi connectivity index (χ1n) is 5.24. The minimum absolute atomic E-state index is 0.249. The van der Waals surface area contributed by atoms with Crippen molar-refractivity contribution in [2.75, 3.05) is 13.1 Å². The van der Waals surface area contributed by atoms with E-state index in [1.54, 1.807) is 24.3 Å². The molecule has 16 heavy (non-hydrogen) atoms.